The normalized spacial score (nSPS) is 20.1. The molecule has 1 saturated heterocycles. The third kappa shape index (κ3) is 3.46. The van der Waals surface area contributed by atoms with Gasteiger partial charge in [0, 0.05) is 28.8 Å². The summed E-state index contributed by atoms with van der Waals surface area (Å²) in [7, 11) is 0. The summed E-state index contributed by atoms with van der Waals surface area (Å²) in [5, 5.41) is 3.60. The lowest BCUT2D eigenvalue weighted by Gasteiger charge is -2.31. The van der Waals surface area contributed by atoms with Crippen molar-refractivity contribution >= 4 is 21.6 Å². The first kappa shape index (κ1) is 12.9. The zero-order valence-corrected chi connectivity index (χ0v) is 12.5. The van der Waals surface area contributed by atoms with E-state index in [1.807, 2.05) is 0 Å². The largest absolute Gasteiger partial charge is 0.370 e. The molecule has 3 heteroatoms. The molecule has 1 aromatic carbocycles. The summed E-state index contributed by atoms with van der Waals surface area (Å²) >= 11 is 3.59. The molecule has 1 aliphatic rings. The van der Waals surface area contributed by atoms with Gasteiger partial charge in [0.1, 0.15) is 0 Å². The third-order valence-corrected chi connectivity index (χ3v) is 3.64. The summed E-state index contributed by atoms with van der Waals surface area (Å²) in [5.74, 6) is 0. The van der Waals surface area contributed by atoms with Crippen molar-refractivity contribution in [1.82, 2.24) is 5.32 Å². The van der Waals surface area contributed by atoms with Gasteiger partial charge in [-0.1, -0.05) is 15.9 Å². The summed E-state index contributed by atoms with van der Waals surface area (Å²) in [4.78, 5) is 2.48. The van der Waals surface area contributed by atoms with Gasteiger partial charge in [-0.15, -0.1) is 0 Å². The summed E-state index contributed by atoms with van der Waals surface area (Å²) in [6.07, 6.45) is 1.20. The lowest BCUT2D eigenvalue weighted by Crippen LogP contribution is -2.46. The van der Waals surface area contributed by atoms with Crippen LogP contribution in [-0.2, 0) is 0 Å². The first-order valence-electron chi connectivity index (χ1n) is 6.23. The van der Waals surface area contributed by atoms with Gasteiger partial charge in [-0.05, 0) is 57.5 Å². The van der Waals surface area contributed by atoms with E-state index in [0.29, 0.717) is 0 Å². The van der Waals surface area contributed by atoms with Crippen molar-refractivity contribution < 1.29 is 0 Å². The number of anilines is 1. The number of nitrogens with zero attached hydrogens (tertiary/aromatic N) is 1. The van der Waals surface area contributed by atoms with Gasteiger partial charge in [0.15, 0.2) is 0 Å². The Morgan fingerprint density at radius 3 is 2.76 bits per heavy atom. The molecule has 94 valence electrons. The average Bonchev–Trinajstić information content (AvgIpc) is 2.37. The second kappa shape index (κ2) is 4.99. The maximum absolute atomic E-state index is 3.60. The highest BCUT2D eigenvalue weighted by Crippen LogP contribution is 2.25. The molecule has 2 rings (SSSR count). The van der Waals surface area contributed by atoms with E-state index >= 15 is 0 Å². The Kier molecular flexibility index (Phi) is 3.79. The van der Waals surface area contributed by atoms with E-state index in [1.54, 1.807) is 0 Å². The average molecular weight is 297 g/mol. The molecule has 0 saturated carbocycles. The fourth-order valence-electron chi connectivity index (χ4n) is 2.43. The van der Waals surface area contributed by atoms with E-state index in [0.717, 1.165) is 19.6 Å². The van der Waals surface area contributed by atoms with Crippen molar-refractivity contribution in [2.75, 3.05) is 24.5 Å². The second-order valence-electron chi connectivity index (χ2n) is 5.57. The Labute approximate surface area is 113 Å². The van der Waals surface area contributed by atoms with Gasteiger partial charge in [-0.25, -0.2) is 0 Å². The minimum Gasteiger partial charge on any atom is -0.370 e. The fourth-order valence-corrected chi connectivity index (χ4v) is 3.02. The van der Waals surface area contributed by atoms with Crippen LogP contribution in [0.25, 0.3) is 0 Å². The van der Waals surface area contributed by atoms with Crippen molar-refractivity contribution in [2.24, 2.45) is 0 Å². The molecule has 1 aromatic rings. The molecule has 1 heterocycles. The first-order valence-corrected chi connectivity index (χ1v) is 7.03. The molecule has 0 spiro atoms. The van der Waals surface area contributed by atoms with E-state index in [-0.39, 0.29) is 5.54 Å². The van der Waals surface area contributed by atoms with Crippen molar-refractivity contribution in [3.63, 3.8) is 0 Å². The molecule has 1 N–H and O–H groups in total. The van der Waals surface area contributed by atoms with Gasteiger partial charge in [-0.3, -0.25) is 0 Å². The molecule has 0 amide bonds. The van der Waals surface area contributed by atoms with Gasteiger partial charge < -0.3 is 10.2 Å². The highest BCUT2D eigenvalue weighted by Gasteiger charge is 2.24. The van der Waals surface area contributed by atoms with Crippen molar-refractivity contribution in [2.45, 2.75) is 32.7 Å². The highest BCUT2D eigenvalue weighted by atomic mass is 79.9. The number of benzene rings is 1. The van der Waals surface area contributed by atoms with E-state index in [4.69, 9.17) is 0 Å². The van der Waals surface area contributed by atoms with E-state index in [2.05, 4.69) is 65.1 Å². The summed E-state index contributed by atoms with van der Waals surface area (Å²) in [6, 6.07) is 6.64. The zero-order chi connectivity index (χ0) is 12.5. The number of rotatable bonds is 1. The Hall–Kier alpha value is -0.540. The monoisotopic (exact) mass is 296 g/mol. The van der Waals surface area contributed by atoms with Crippen LogP contribution in [0, 0.1) is 6.92 Å². The quantitative estimate of drug-likeness (QED) is 0.855. The van der Waals surface area contributed by atoms with Crippen LogP contribution in [-0.4, -0.2) is 25.2 Å². The Bertz CT molecular complexity index is 381. The molecule has 0 aliphatic carbocycles. The standard InChI is InChI=1S/C14H21BrN2/c1-11-7-12(15)9-13(8-11)17-6-4-5-16-14(2,3)10-17/h7-9,16H,4-6,10H2,1-3H3. The van der Waals surface area contributed by atoms with Crippen molar-refractivity contribution in [3.05, 3.63) is 28.2 Å². The summed E-state index contributed by atoms with van der Waals surface area (Å²) in [5.41, 5.74) is 2.82. The topological polar surface area (TPSA) is 15.3 Å². The maximum Gasteiger partial charge on any atom is 0.0380 e. The molecular formula is C14H21BrN2. The number of aryl methyl sites for hydroxylation is 1. The van der Waals surface area contributed by atoms with Crippen LogP contribution >= 0.6 is 15.9 Å². The predicted molar refractivity (Wildman–Crippen MR) is 77.8 cm³/mol. The van der Waals surface area contributed by atoms with Gasteiger partial charge >= 0.3 is 0 Å². The van der Waals surface area contributed by atoms with Crippen LogP contribution in [0.3, 0.4) is 0 Å². The molecule has 0 aromatic heterocycles. The predicted octanol–water partition coefficient (Wildman–Crippen LogP) is 3.34. The van der Waals surface area contributed by atoms with E-state index in [1.165, 1.54) is 22.1 Å². The summed E-state index contributed by atoms with van der Waals surface area (Å²) in [6.45, 7) is 9.99. The summed E-state index contributed by atoms with van der Waals surface area (Å²) < 4.78 is 1.17. The Morgan fingerprint density at radius 2 is 2.06 bits per heavy atom. The minimum absolute atomic E-state index is 0.187. The molecule has 1 aliphatic heterocycles. The molecule has 1 fully saturated rings. The van der Waals surface area contributed by atoms with Crippen molar-refractivity contribution in [1.29, 1.82) is 0 Å². The lowest BCUT2D eigenvalue weighted by molar-refractivity contribution is 0.416. The molecule has 0 unspecified atom stereocenters. The maximum atomic E-state index is 3.60. The van der Waals surface area contributed by atoms with E-state index in [9.17, 15) is 0 Å². The molecular weight excluding hydrogens is 276 g/mol. The highest BCUT2D eigenvalue weighted by molar-refractivity contribution is 9.10. The van der Waals surface area contributed by atoms with Crippen LogP contribution in [0.4, 0.5) is 5.69 Å². The van der Waals surface area contributed by atoms with Crippen molar-refractivity contribution in [3.8, 4) is 0 Å². The van der Waals surface area contributed by atoms with Crippen LogP contribution in [0.5, 0.6) is 0 Å². The second-order valence-corrected chi connectivity index (χ2v) is 6.49. The first-order chi connectivity index (χ1) is 7.96. The minimum atomic E-state index is 0.187. The number of hydrogen-bond donors (Lipinski definition) is 1. The molecule has 2 nitrogen and oxygen atoms in total. The molecule has 0 bridgehead atoms. The molecule has 0 atom stereocenters. The third-order valence-electron chi connectivity index (χ3n) is 3.19. The zero-order valence-electron chi connectivity index (χ0n) is 10.9. The van der Waals surface area contributed by atoms with Gasteiger partial charge in [-0.2, -0.15) is 0 Å². The van der Waals surface area contributed by atoms with Crippen LogP contribution < -0.4 is 10.2 Å². The number of halogens is 1. The van der Waals surface area contributed by atoms with Gasteiger partial charge in [0.25, 0.3) is 0 Å². The van der Waals surface area contributed by atoms with Crippen LogP contribution in [0.1, 0.15) is 25.8 Å². The smallest absolute Gasteiger partial charge is 0.0380 e. The van der Waals surface area contributed by atoms with Crippen LogP contribution in [0.2, 0.25) is 0 Å². The Morgan fingerprint density at radius 1 is 1.29 bits per heavy atom. The van der Waals surface area contributed by atoms with Crippen LogP contribution in [0.15, 0.2) is 22.7 Å². The SMILES string of the molecule is Cc1cc(Br)cc(N2CCCNC(C)(C)C2)c1. The van der Waals surface area contributed by atoms with Gasteiger partial charge in [0.05, 0.1) is 0 Å². The molecule has 17 heavy (non-hydrogen) atoms. The fraction of sp³-hybridized carbons (Fsp3) is 0.571. The van der Waals surface area contributed by atoms with E-state index < -0.39 is 0 Å². The Balaban J connectivity index is 2.25. The van der Waals surface area contributed by atoms with Gasteiger partial charge in [0.2, 0.25) is 0 Å². The number of nitrogens with one attached hydrogen (secondary N) is 1. The lowest BCUT2D eigenvalue weighted by atomic mass is 10.1. The number of hydrogen-bond acceptors (Lipinski definition) is 2. The molecule has 0 radical (unpaired) electrons.